The number of benzene rings is 2. The Kier molecular flexibility index (Phi) is 5.22. The number of rotatable bonds is 5. The average Bonchev–Trinajstić information content (AvgIpc) is 2.53. The number of carbonyl (C=O) groups is 1. The van der Waals surface area contributed by atoms with Crippen molar-refractivity contribution in [3.05, 3.63) is 58.6 Å². The third-order valence-electron chi connectivity index (χ3n) is 3.05. The van der Waals surface area contributed by atoms with E-state index >= 15 is 0 Å². The molecule has 2 aromatic rings. The average molecular weight is 350 g/mol. The van der Waals surface area contributed by atoms with Crippen molar-refractivity contribution in [3.63, 3.8) is 0 Å². The van der Waals surface area contributed by atoms with E-state index in [9.17, 15) is 4.79 Å². The largest absolute Gasteiger partial charge is 0.497 e. The van der Waals surface area contributed by atoms with Crippen molar-refractivity contribution in [1.29, 1.82) is 0 Å². The van der Waals surface area contributed by atoms with Gasteiger partial charge in [0.25, 0.3) is 0 Å². The molecule has 110 valence electrons. The highest BCUT2D eigenvalue weighted by molar-refractivity contribution is 9.10. The molecule has 1 unspecified atom stereocenters. The van der Waals surface area contributed by atoms with Gasteiger partial charge in [-0.15, -0.1) is 0 Å². The molecule has 5 heteroatoms. The molecule has 0 aliphatic heterocycles. The van der Waals surface area contributed by atoms with Crippen molar-refractivity contribution >= 4 is 27.6 Å². The van der Waals surface area contributed by atoms with Gasteiger partial charge in [-0.05, 0) is 35.9 Å². The molecule has 2 rings (SSSR count). The maximum absolute atomic E-state index is 12.1. The first kappa shape index (κ1) is 15.4. The first-order valence-electron chi connectivity index (χ1n) is 6.38. The summed E-state index contributed by atoms with van der Waals surface area (Å²) in [4.78, 5) is 12.1. The van der Waals surface area contributed by atoms with E-state index in [1.165, 1.54) is 7.11 Å². The molecule has 4 nitrogen and oxygen atoms in total. The van der Waals surface area contributed by atoms with Crippen LogP contribution in [0.3, 0.4) is 0 Å². The van der Waals surface area contributed by atoms with Crippen LogP contribution in [0.1, 0.15) is 11.6 Å². The summed E-state index contributed by atoms with van der Waals surface area (Å²) >= 11 is 3.46. The lowest BCUT2D eigenvalue weighted by Crippen LogP contribution is -2.22. The number of ether oxygens (including phenoxy) is 2. The summed E-state index contributed by atoms with van der Waals surface area (Å²) in [5.41, 5.74) is 1.63. The summed E-state index contributed by atoms with van der Waals surface area (Å²) < 4.78 is 10.9. The van der Waals surface area contributed by atoms with Crippen LogP contribution >= 0.6 is 15.9 Å². The molecule has 1 N–H and O–H groups in total. The van der Waals surface area contributed by atoms with Crippen molar-refractivity contribution in [3.8, 4) is 5.75 Å². The second-order valence-electron chi connectivity index (χ2n) is 4.35. The number of hydrogen-bond acceptors (Lipinski definition) is 4. The zero-order valence-electron chi connectivity index (χ0n) is 11.8. The second kappa shape index (κ2) is 7.13. The van der Waals surface area contributed by atoms with Crippen LogP contribution in [-0.4, -0.2) is 20.2 Å². The molecule has 0 amide bonds. The van der Waals surface area contributed by atoms with E-state index in [0.29, 0.717) is 0 Å². The number of methoxy groups -OCH3 is 2. The van der Waals surface area contributed by atoms with Crippen LogP contribution < -0.4 is 10.1 Å². The standard InChI is InChI=1S/C16H16BrNO3/c1-20-12-9-7-11(8-10-12)18-15(16(19)21-2)13-5-3-4-6-14(13)17/h3-10,15,18H,1-2H3. The van der Waals surface area contributed by atoms with Gasteiger partial charge in [0.15, 0.2) is 6.04 Å². The van der Waals surface area contributed by atoms with Gasteiger partial charge in [0, 0.05) is 10.2 Å². The molecule has 0 saturated heterocycles. The van der Waals surface area contributed by atoms with Gasteiger partial charge in [0.1, 0.15) is 5.75 Å². The van der Waals surface area contributed by atoms with Gasteiger partial charge in [0.05, 0.1) is 14.2 Å². The Hall–Kier alpha value is -2.01. The lowest BCUT2D eigenvalue weighted by molar-refractivity contribution is -0.141. The molecule has 0 heterocycles. The quantitative estimate of drug-likeness (QED) is 0.834. The van der Waals surface area contributed by atoms with Crippen LogP contribution in [0.2, 0.25) is 0 Å². The van der Waals surface area contributed by atoms with E-state index in [2.05, 4.69) is 21.2 Å². The molecule has 0 aliphatic carbocycles. The Morgan fingerprint density at radius 1 is 1.10 bits per heavy atom. The fraction of sp³-hybridized carbons (Fsp3) is 0.188. The molecule has 0 bridgehead atoms. The first-order chi connectivity index (χ1) is 10.2. The van der Waals surface area contributed by atoms with E-state index in [-0.39, 0.29) is 5.97 Å². The third kappa shape index (κ3) is 3.76. The molecule has 0 aromatic heterocycles. The van der Waals surface area contributed by atoms with E-state index in [0.717, 1.165) is 21.5 Å². The predicted molar refractivity (Wildman–Crippen MR) is 85.5 cm³/mol. The van der Waals surface area contributed by atoms with Crippen molar-refractivity contribution in [2.75, 3.05) is 19.5 Å². The van der Waals surface area contributed by atoms with Gasteiger partial charge in [-0.25, -0.2) is 4.79 Å². The van der Waals surface area contributed by atoms with Crippen molar-refractivity contribution in [2.45, 2.75) is 6.04 Å². The van der Waals surface area contributed by atoms with E-state index in [1.807, 2.05) is 48.5 Å². The summed E-state index contributed by atoms with van der Waals surface area (Å²) in [5.74, 6) is 0.411. The van der Waals surface area contributed by atoms with Crippen LogP contribution in [-0.2, 0) is 9.53 Å². The number of esters is 1. The van der Waals surface area contributed by atoms with E-state index in [1.54, 1.807) is 7.11 Å². The smallest absolute Gasteiger partial charge is 0.333 e. The maximum atomic E-state index is 12.1. The number of anilines is 1. The normalized spacial score (nSPS) is 11.6. The van der Waals surface area contributed by atoms with Crippen LogP contribution in [0.15, 0.2) is 53.0 Å². The zero-order chi connectivity index (χ0) is 15.2. The molecule has 0 spiro atoms. The summed E-state index contributed by atoms with van der Waals surface area (Å²) in [7, 11) is 2.99. The molecule has 0 aliphatic rings. The van der Waals surface area contributed by atoms with Crippen LogP contribution in [0.4, 0.5) is 5.69 Å². The van der Waals surface area contributed by atoms with Gasteiger partial charge in [0.2, 0.25) is 0 Å². The van der Waals surface area contributed by atoms with Crippen LogP contribution in [0.25, 0.3) is 0 Å². The van der Waals surface area contributed by atoms with Gasteiger partial charge < -0.3 is 14.8 Å². The SMILES string of the molecule is COC(=O)C(Nc1ccc(OC)cc1)c1ccccc1Br. The minimum atomic E-state index is -0.584. The number of nitrogens with one attached hydrogen (secondary N) is 1. The Morgan fingerprint density at radius 2 is 1.76 bits per heavy atom. The Morgan fingerprint density at radius 3 is 2.33 bits per heavy atom. The fourth-order valence-electron chi connectivity index (χ4n) is 1.94. The molecular weight excluding hydrogens is 334 g/mol. The zero-order valence-corrected chi connectivity index (χ0v) is 13.4. The molecule has 1 atom stereocenters. The molecule has 2 aromatic carbocycles. The Labute approximate surface area is 132 Å². The van der Waals surface area contributed by atoms with Crippen LogP contribution in [0.5, 0.6) is 5.75 Å². The summed E-state index contributed by atoms with van der Waals surface area (Å²) in [5, 5.41) is 3.18. The number of halogens is 1. The van der Waals surface area contributed by atoms with Crippen LogP contribution in [0, 0.1) is 0 Å². The lowest BCUT2D eigenvalue weighted by Gasteiger charge is -2.19. The predicted octanol–water partition coefficient (Wildman–Crippen LogP) is 3.78. The number of hydrogen-bond donors (Lipinski definition) is 1. The Bertz CT molecular complexity index is 613. The summed E-state index contributed by atoms with van der Waals surface area (Å²) in [6.45, 7) is 0. The Balaban J connectivity index is 2.28. The van der Waals surface area contributed by atoms with Gasteiger partial charge in [-0.2, -0.15) is 0 Å². The topological polar surface area (TPSA) is 47.6 Å². The second-order valence-corrected chi connectivity index (χ2v) is 5.20. The maximum Gasteiger partial charge on any atom is 0.333 e. The molecule has 0 fully saturated rings. The minimum absolute atomic E-state index is 0.349. The monoisotopic (exact) mass is 349 g/mol. The lowest BCUT2D eigenvalue weighted by atomic mass is 10.1. The molecule has 0 radical (unpaired) electrons. The highest BCUT2D eigenvalue weighted by Gasteiger charge is 2.23. The summed E-state index contributed by atoms with van der Waals surface area (Å²) in [6.07, 6.45) is 0. The van der Waals surface area contributed by atoms with E-state index in [4.69, 9.17) is 9.47 Å². The third-order valence-corrected chi connectivity index (χ3v) is 3.78. The van der Waals surface area contributed by atoms with Crippen molar-refractivity contribution in [2.24, 2.45) is 0 Å². The molecular formula is C16H16BrNO3. The first-order valence-corrected chi connectivity index (χ1v) is 7.18. The van der Waals surface area contributed by atoms with Gasteiger partial charge >= 0.3 is 5.97 Å². The summed E-state index contributed by atoms with van der Waals surface area (Å²) in [6, 6.07) is 14.3. The van der Waals surface area contributed by atoms with Gasteiger partial charge in [-0.1, -0.05) is 34.1 Å². The molecule has 0 saturated carbocycles. The van der Waals surface area contributed by atoms with E-state index < -0.39 is 6.04 Å². The highest BCUT2D eigenvalue weighted by Crippen LogP contribution is 2.28. The highest BCUT2D eigenvalue weighted by atomic mass is 79.9. The number of carbonyl (C=O) groups excluding carboxylic acids is 1. The van der Waals surface area contributed by atoms with Crippen molar-refractivity contribution < 1.29 is 14.3 Å². The minimum Gasteiger partial charge on any atom is -0.497 e. The molecule has 21 heavy (non-hydrogen) atoms. The fourth-order valence-corrected chi connectivity index (χ4v) is 2.46. The van der Waals surface area contributed by atoms with Gasteiger partial charge in [-0.3, -0.25) is 0 Å². The van der Waals surface area contributed by atoms with Crippen molar-refractivity contribution in [1.82, 2.24) is 0 Å².